The van der Waals surface area contributed by atoms with Crippen LogP contribution in [0.15, 0.2) is 18.2 Å². The van der Waals surface area contributed by atoms with Crippen molar-refractivity contribution in [1.82, 2.24) is 0 Å². The van der Waals surface area contributed by atoms with Gasteiger partial charge in [0.2, 0.25) is 0 Å². The molecule has 0 unspecified atom stereocenters. The van der Waals surface area contributed by atoms with Crippen molar-refractivity contribution in [3.63, 3.8) is 0 Å². The minimum Gasteiger partial charge on any atom is -0.492 e. The highest BCUT2D eigenvalue weighted by Crippen LogP contribution is 2.30. The molecule has 80 valence electrons. The van der Waals surface area contributed by atoms with Gasteiger partial charge in [-0.15, -0.1) is 0 Å². The molecular formula is C12H15NO2. The summed E-state index contributed by atoms with van der Waals surface area (Å²) in [5.74, 6) is 0.929. The number of ether oxygens (including phenoxy) is 1. The Balaban J connectivity index is 2.21. The van der Waals surface area contributed by atoms with Crippen LogP contribution in [-0.2, 0) is 6.42 Å². The molecule has 3 nitrogen and oxygen atoms in total. The molecule has 15 heavy (non-hydrogen) atoms. The second-order valence-corrected chi connectivity index (χ2v) is 3.71. The highest BCUT2D eigenvalue weighted by atomic mass is 16.5. The summed E-state index contributed by atoms with van der Waals surface area (Å²) < 4.78 is 5.48. The van der Waals surface area contributed by atoms with Gasteiger partial charge in [-0.1, -0.05) is 12.1 Å². The molecule has 2 N–H and O–H groups in total. The number of nitrogens with two attached hydrogens (primary N) is 1. The minimum atomic E-state index is 0.138. The van der Waals surface area contributed by atoms with Gasteiger partial charge in [0.1, 0.15) is 5.75 Å². The van der Waals surface area contributed by atoms with Gasteiger partial charge in [0.15, 0.2) is 5.78 Å². The van der Waals surface area contributed by atoms with Crippen molar-refractivity contribution < 1.29 is 9.53 Å². The van der Waals surface area contributed by atoms with Gasteiger partial charge in [0, 0.05) is 12.8 Å². The number of rotatable bonds is 4. The molecule has 0 radical (unpaired) electrons. The maximum atomic E-state index is 11.8. The van der Waals surface area contributed by atoms with E-state index in [9.17, 15) is 4.79 Å². The highest BCUT2D eigenvalue weighted by molar-refractivity contribution is 5.99. The van der Waals surface area contributed by atoms with Crippen molar-refractivity contribution in [2.45, 2.75) is 19.3 Å². The zero-order valence-electron chi connectivity index (χ0n) is 8.66. The van der Waals surface area contributed by atoms with Gasteiger partial charge in [0.05, 0.1) is 12.2 Å². The van der Waals surface area contributed by atoms with Crippen molar-refractivity contribution in [3.8, 4) is 5.75 Å². The Hall–Kier alpha value is -1.35. The fourth-order valence-corrected chi connectivity index (χ4v) is 1.83. The SMILES string of the molecule is NCCCC(=O)c1cccc2c1OCC2. The smallest absolute Gasteiger partial charge is 0.166 e. The van der Waals surface area contributed by atoms with E-state index >= 15 is 0 Å². The number of carbonyl (C=O) groups excluding carboxylic acids is 1. The van der Waals surface area contributed by atoms with Crippen LogP contribution in [0, 0.1) is 0 Å². The monoisotopic (exact) mass is 205 g/mol. The number of ketones is 1. The van der Waals surface area contributed by atoms with Crippen LogP contribution in [0.4, 0.5) is 0 Å². The zero-order chi connectivity index (χ0) is 10.7. The third-order valence-corrected chi connectivity index (χ3v) is 2.62. The lowest BCUT2D eigenvalue weighted by molar-refractivity contribution is 0.0977. The highest BCUT2D eigenvalue weighted by Gasteiger charge is 2.19. The van der Waals surface area contributed by atoms with Crippen molar-refractivity contribution >= 4 is 5.78 Å². The van der Waals surface area contributed by atoms with Crippen LogP contribution in [-0.4, -0.2) is 18.9 Å². The predicted molar refractivity (Wildman–Crippen MR) is 58.3 cm³/mol. The number of hydrogen-bond acceptors (Lipinski definition) is 3. The minimum absolute atomic E-state index is 0.138. The second kappa shape index (κ2) is 4.45. The Morgan fingerprint density at radius 2 is 2.33 bits per heavy atom. The Bertz CT molecular complexity index is 374. The van der Waals surface area contributed by atoms with Crippen LogP contribution < -0.4 is 10.5 Å². The number of carbonyl (C=O) groups is 1. The van der Waals surface area contributed by atoms with Gasteiger partial charge in [-0.25, -0.2) is 0 Å². The first kappa shape index (κ1) is 10.2. The fraction of sp³-hybridized carbons (Fsp3) is 0.417. The molecule has 1 aliphatic rings. The van der Waals surface area contributed by atoms with Gasteiger partial charge in [-0.2, -0.15) is 0 Å². The molecule has 0 spiro atoms. The van der Waals surface area contributed by atoms with E-state index in [1.807, 2.05) is 18.2 Å². The number of benzene rings is 1. The molecule has 0 saturated carbocycles. The van der Waals surface area contributed by atoms with Crippen LogP contribution in [0.2, 0.25) is 0 Å². The van der Waals surface area contributed by atoms with Crippen LogP contribution in [0.5, 0.6) is 5.75 Å². The largest absolute Gasteiger partial charge is 0.492 e. The zero-order valence-corrected chi connectivity index (χ0v) is 8.66. The average Bonchev–Trinajstić information content (AvgIpc) is 2.73. The summed E-state index contributed by atoms with van der Waals surface area (Å²) in [6, 6.07) is 5.77. The molecule has 0 atom stereocenters. The van der Waals surface area contributed by atoms with Crippen molar-refractivity contribution in [2.24, 2.45) is 5.73 Å². The van der Waals surface area contributed by atoms with Gasteiger partial charge in [-0.3, -0.25) is 4.79 Å². The average molecular weight is 205 g/mol. The second-order valence-electron chi connectivity index (χ2n) is 3.71. The Morgan fingerprint density at radius 3 is 3.13 bits per heavy atom. The van der Waals surface area contributed by atoms with Crippen LogP contribution in [0.1, 0.15) is 28.8 Å². The van der Waals surface area contributed by atoms with Gasteiger partial charge >= 0.3 is 0 Å². The van der Waals surface area contributed by atoms with E-state index in [0.29, 0.717) is 19.6 Å². The molecule has 0 saturated heterocycles. The van der Waals surface area contributed by atoms with E-state index in [2.05, 4.69) is 0 Å². The number of fused-ring (bicyclic) bond motifs is 1. The molecule has 0 aliphatic carbocycles. The van der Waals surface area contributed by atoms with Crippen LogP contribution in [0.25, 0.3) is 0 Å². The number of hydrogen-bond donors (Lipinski definition) is 1. The quantitative estimate of drug-likeness (QED) is 0.759. The van der Waals surface area contributed by atoms with E-state index in [0.717, 1.165) is 29.7 Å². The summed E-state index contributed by atoms with van der Waals surface area (Å²) in [5, 5.41) is 0. The summed E-state index contributed by atoms with van der Waals surface area (Å²) in [4.78, 5) is 11.8. The summed E-state index contributed by atoms with van der Waals surface area (Å²) in [5.41, 5.74) is 7.25. The van der Waals surface area contributed by atoms with Crippen molar-refractivity contribution in [2.75, 3.05) is 13.2 Å². The Kier molecular flexibility index (Phi) is 3.02. The molecule has 1 heterocycles. The van der Waals surface area contributed by atoms with E-state index < -0.39 is 0 Å². The standard InChI is InChI=1S/C12H15NO2/c13-7-2-5-11(14)10-4-1-3-9-6-8-15-12(9)10/h1,3-4H,2,5-8,13H2. The molecule has 0 aromatic heterocycles. The molecule has 0 amide bonds. The van der Waals surface area contributed by atoms with Gasteiger partial charge < -0.3 is 10.5 Å². The summed E-state index contributed by atoms with van der Waals surface area (Å²) in [6.07, 6.45) is 2.16. The summed E-state index contributed by atoms with van der Waals surface area (Å²) >= 11 is 0. The molecule has 3 heteroatoms. The Morgan fingerprint density at radius 1 is 1.47 bits per heavy atom. The van der Waals surface area contributed by atoms with E-state index in [1.54, 1.807) is 0 Å². The topological polar surface area (TPSA) is 52.3 Å². The lowest BCUT2D eigenvalue weighted by Gasteiger charge is -2.06. The molecule has 0 bridgehead atoms. The van der Waals surface area contributed by atoms with E-state index in [4.69, 9.17) is 10.5 Å². The number of Topliss-reactive ketones (excluding diaryl/α,β-unsaturated/α-hetero) is 1. The fourth-order valence-electron chi connectivity index (χ4n) is 1.83. The molecule has 1 aliphatic heterocycles. The first-order valence-electron chi connectivity index (χ1n) is 5.31. The molecule has 2 rings (SSSR count). The van der Waals surface area contributed by atoms with Crippen molar-refractivity contribution in [3.05, 3.63) is 29.3 Å². The molecule has 1 aromatic carbocycles. The summed E-state index contributed by atoms with van der Waals surface area (Å²) in [7, 11) is 0. The van der Waals surface area contributed by atoms with Crippen LogP contribution in [0.3, 0.4) is 0 Å². The lowest BCUT2D eigenvalue weighted by atomic mass is 10.0. The third-order valence-electron chi connectivity index (χ3n) is 2.62. The van der Waals surface area contributed by atoms with Crippen molar-refractivity contribution in [1.29, 1.82) is 0 Å². The third kappa shape index (κ3) is 2.02. The van der Waals surface area contributed by atoms with E-state index in [1.165, 1.54) is 0 Å². The Labute approximate surface area is 89.2 Å². The maximum absolute atomic E-state index is 11.8. The first-order valence-corrected chi connectivity index (χ1v) is 5.31. The van der Waals surface area contributed by atoms with E-state index in [-0.39, 0.29) is 5.78 Å². The maximum Gasteiger partial charge on any atom is 0.166 e. The molecular weight excluding hydrogens is 190 g/mol. The molecule has 1 aromatic rings. The summed E-state index contributed by atoms with van der Waals surface area (Å²) in [6.45, 7) is 1.25. The first-order chi connectivity index (χ1) is 7.33. The normalized spacial score (nSPS) is 13.4. The lowest BCUT2D eigenvalue weighted by Crippen LogP contribution is -2.06. The van der Waals surface area contributed by atoms with Gasteiger partial charge in [-0.05, 0) is 24.6 Å². The van der Waals surface area contributed by atoms with Gasteiger partial charge in [0.25, 0.3) is 0 Å². The predicted octanol–water partition coefficient (Wildman–Crippen LogP) is 1.54. The number of para-hydroxylation sites is 1. The molecule has 0 fully saturated rings. The van der Waals surface area contributed by atoms with Crippen LogP contribution >= 0.6 is 0 Å².